The first-order valence-corrected chi connectivity index (χ1v) is 13.1. The molecule has 10 nitrogen and oxygen atoms in total. The van der Waals surface area contributed by atoms with Gasteiger partial charge in [0.1, 0.15) is 20.8 Å². The molecule has 0 bridgehead atoms. The first-order valence-electron chi connectivity index (χ1n) is 8.57. The van der Waals surface area contributed by atoms with Crippen LogP contribution >= 0.6 is 0 Å². The van der Waals surface area contributed by atoms with Crippen LogP contribution in [0.4, 0.5) is 5.69 Å². The van der Waals surface area contributed by atoms with E-state index in [2.05, 4.69) is 5.32 Å². The molecule has 2 aromatic rings. The molecule has 1 fully saturated rings. The molecule has 0 atom stereocenters. The molecule has 3 rings (SSSR count). The number of sulfone groups is 1. The molecule has 1 aromatic heterocycles. The van der Waals surface area contributed by atoms with Crippen LogP contribution in [0.5, 0.6) is 0 Å². The van der Waals surface area contributed by atoms with E-state index >= 15 is 0 Å². The van der Waals surface area contributed by atoms with E-state index in [1.165, 1.54) is 6.26 Å². The van der Waals surface area contributed by atoms with Gasteiger partial charge in [-0.15, -0.1) is 0 Å². The Morgan fingerprint density at radius 1 is 1.03 bits per heavy atom. The molecule has 0 aliphatic heterocycles. The van der Waals surface area contributed by atoms with Crippen LogP contribution in [0, 0.1) is 0 Å². The third-order valence-electron chi connectivity index (χ3n) is 4.70. The zero-order valence-electron chi connectivity index (χ0n) is 16.1. The fourth-order valence-electron chi connectivity index (χ4n) is 3.30. The minimum Gasteiger partial charge on any atom is -0.744 e. The van der Waals surface area contributed by atoms with Crippen LogP contribution in [0.15, 0.2) is 49.6 Å². The van der Waals surface area contributed by atoms with Crippen LogP contribution in [0.25, 0.3) is 0 Å². The van der Waals surface area contributed by atoms with Gasteiger partial charge in [-0.3, -0.25) is 0 Å². The van der Waals surface area contributed by atoms with Crippen LogP contribution < -0.4 is 40.0 Å². The summed E-state index contributed by atoms with van der Waals surface area (Å²) in [6.45, 7) is -0.0623. The molecule has 0 amide bonds. The number of furan rings is 1. The Hall–Kier alpha value is -0.930. The summed E-state index contributed by atoms with van der Waals surface area (Å²) in [6.07, 6.45) is 3.42. The van der Waals surface area contributed by atoms with Crippen LogP contribution in [0.1, 0.15) is 31.4 Å². The van der Waals surface area contributed by atoms with Crippen molar-refractivity contribution < 1.29 is 63.8 Å². The van der Waals surface area contributed by atoms with Gasteiger partial charge in [-0.25, -0.2) is 30.4 Å². The summed E-state index contributed by atoms with van der Waals surface area (Å²) in [5.74, 6) is 0.384. The number of sulfonamides is 1. The van der Waals surface area contributed by atoms with Crippen molar-refractivity contribution in [3.8, 4) is 0 Å². The molecule has 1 heterocycles. The summed E-state index contributed by atoms with van der Waals surface area (Å²) in [7, 11) is -13.9. The van der Waals surface area contributed by atoms with Gasteiger partial charge in [0.2, 0.25) is 10.0 Å². The van der Waals surface area contributed by atoms with E-state index in [0.717, 1.165) is 6.07 Å². The fraction of sp³-hybridized carbons (Fsp3) is 0.375. The second-order valence-corrected chi connectivity index (χ2v) is 11.8. The summed E-state index contributed by atoms with van der Waals surface area (Å²) in [6, 6.07) is 4.51. The van der Waals surface area contributed by atoms with Gasteiger partial charge in [0, 0.05) is 0 Å². The third-order valence-corrected chi connectivity index (χ3v) is 8.96. The summed E-state index contributed by atoms with van der Waals surface area (Å²) >= 11 is 0. The van der Waals surface area contributed by atoms with Crippen molar-refractivity contribution in [2.75, 3.05) is 5.32 Å². The molecule has 1 aromatic carbocycles. The van der Waals surface area contributed by atoms with Gasteiger partial charge in [0.25, 0.3) is 0 Å². The van der Waals surface area contributed by atoms with Gasteiger partial charge in [0.15, 0.2) is 9.84 Å². The Kier molecular flexibility index (Phi) is 7.84. The van der Waals surface area contributed by atoms with Gasteiger partial charge >= 0.3 is 29.6 Å². The van der Waals surface area contributed by atoms with E-state index in [4.69, 9.17) is 9.56 Å². The maximum atomic E-state index is 13.1. The Morgan fingerprint density at radius 3 is 2.17 bits per heavy atom. The molecular weight excluding hydrogens is 467 g/mol. The Morgan fingerprint density at radius 2 is 1.67 bits per heavy atom. The van der Waals surface area contributed by atoms with Crippen molar-refractivity contribution in [2.24, 2.45) is 5.14 Å². The van der Waals surface area contributed by atoms with E-state index in [-0.39, 0.29) is 41.8 Å². The van der Waals surface area contributed by atoms with Gasteiger partial charge in [0.05, 0.1) is 33.5 Å². The van der Waals surface area contributed by atoms with E-state index in [1.807, 2.05) is 0 Å². The summed E-state index contributed by atoms with van der Waals surface area (Å²) in [5, 5.41) is 6.96. The standard InChI is InChI=1S/C16H20N2O8S3.Na/c17-28(21,22)16-9-14(29(23,24)25)13(18-10-11-4-3-7-26-11)8-15(16)27(19,20)12-5-1-2-6-12;/h3-4,7-9,12,18H,1-2,5-6,10H2,(H2,17,21,22)(H,23,24,25);/q;+1/p-1. The van der Waals surface area contributed by atoms with Crippen molar-refractivity contribution in [3.05, 3.63) is 36.3 Å². The minimum absolute atomic E-state index is 0. The Bertz CT molecular complexity index is 1220. The van der Waals surface area contributed by atoms with E-state index in [1.54, 1.807) is 12.1 Å². The van der Waals surface area contributed by atoms with Gasteiger partial charge in [-0.2, -0.15) is 0 Å². The second-order valence-electron chi connectivity index (χ2n) is 6.68. The maximum Gasteiger partial charge on any atom is 1.00 e. The zero-order valence-corrected chi connectivity index (χ0v) is 20.5. The Balaban J connectivity index is 0.00000320. The summed E-state index contributed by atoms with van der Waals surface area (Å²) in [5.41, 5.74) is -0.347. The fourth-order valence-corrected chi connectivity index (χ4v) is 7.29. The number of anilines is 1. The number of hydrogen-bond acceptors (Lipinski definition) is 9. The number of nitrogens with one attached hydrogen (secondary N) is 1. The number of rotatable bonds is 7. The number of nitrogens with two attached hydrogens (primary N) is 1. The van der Waals surface area contributed by atoms with Crippen molar-refractivity contribution in [1.82, 2.24) is 0 Å². The van der Waals surface area contributed by atoms with Gasteiger partial charge < -0.3 is 14.3 Å². The predicted octanol–water partition coefficient (Wildman–Crippen LogP) is -1.84. The first kappa shape index (κ1) is 25.3. The smallest absolute Gasteiger partial charge is 0.744 e. The number of hydrogen-bond donors (Lipinski definition) is 2. The zero-order chi connectivity index (χ0) is 21.4. The molecule has 1 saturated carbocycles. The molecule has 1 aliphatic carbocycles. The summed E-state index contributed by atoms with van der Waals surface area (Å²) in [4.78, 5) is -2.46. The number of benzene rings is 1. The molecule has 0 radical (unpaired) electrons. The minimum atomic E-state index is -5.15. The SMILES string of the molecule is NS(=O)(=O)c1cc(S(=O)(=O)[O-])c(NCc2ccco2)cc1S(=O)(=O)C1CCCC1.[Na+]. The molecule has 14 heteroatoms. The van der Waals surface area contributed by atoms with Crippen LogP contribution in [0.3, 0.4) is 0 Å². The predicted molar refractivity (Wildman–Crippen MR) is 101 cm³/mol. The normalized spacial score (nSPS) is 15.7. The van der Waals surface area contributed by atoms with Crippen molar-refractivity contribution in [2.45, 2.75) is 52.2 Å². The van der Waals surface area contributed by atoms with Gasteiger partial charge in [-0.1, -0.05) is 12.8 Å². The Labute approximate surface area is 197 Å². The van der Waals surface area contributed by atoms with Crippen LogP contribution in [-0.4, -0.2) is 35.1 Å². The van der Waals surface area contributed by atoms with E-state index < -0.39 is 49.9 Å². The molecule has 3 N–H and O–H groups in total. The van der Waals surface area contributed by atoms with Crippen LogP contribution in [0.2, 0.25) is 0 Å². The van der Waals surface area contributed by atoms with E-state index in [0.29, 0.717) is 37.5 Å². The molecule has 0 spiro atoms. The molecular formula is C16H19N2NaO8S3. The largest absolute Gasteiger partial charge is 1.00 e. The third kappa shape index (κ3) is 5.46. The average molecular weight is 487 g/mol. The molecule has 0 saturated heterocycles. The van der Waals surface area contributed by atoms with E-state index in [9.17, 15) is 29.8 Å². The van der Waals surface area contributed by atoms with Crippen LogP contribution in [-0.2, 0) is 36.5 Å². The number of primary sulfonamides is 1. The van der Waals surface area contributed by atoms with Crippen molar-refractivity contribution in [1.29, 1.82) is 0 Å². The average Bonchev–Trinajstić information content (AvgIpc) is 3.31. The molecule has 0 unspecified atom stereocenters. The monoisotopic (exact) mass is 486 g/mol. The molecule has 160 valence electrons. The quantitative estimate of drug-likeness (QED) is 0.336. The van der Waals surface area contributed by atoms with Gasteiger partial charge in [-0.05, 0) is 37.1 Å². The first-order chi connectivity index (χ1) is 13.4. The summed E-state index contributed by atoms with van der Waals surface area (Å²) < 4.78 is 90.4. The van der Waals surface area contributed by atoms with Crippen molar-refractivity contribution >= 4 is 35.7 Å². The molecule has 1 aliphatic rings. The topological polar surface area (TPSA) is 177 Å². The second kappa shape index (κ2) is 9.28. The maximum absolute atomic E-state index is 13.1. The van der Waals surface area contributed by atoms with Crippen molar-refractivity contribution in [3.63, 3.8) is 0 Å². The molecule has 30 heavy (non-hydrogen) atoms.